The number of amides is 1. The van der Waals surface area contributed by atoms with Crippen LogP contribution in [-0.2, 0) is 19.1 Å². The number of ketones is 2. The highest BCUT2D eigenvalue weighted by molar-refractivity contribution is 6.06. The van der Waals surface area contributed by atoms with Crippen LogP contribution in [0.5, 0.6) is 0 Å². The van der Waals surface area contributed by atoms with Crippen LogP contribution in [0.2, 0.25) is 0 Å². The van der Waals surface area contributed by atoms with E-state index < -0.39 is 32.9 Å². The Labute approximate surface area is 270 Å². The smallest absolute Gasteiger partial charge is 0.433 e. The Morgan fingerprint density at radius 2 is 1.89 bits per heavy atom. The van der Waals surface area contributed by atoms with E-state index in [9.17, 15) is 29.6 Å². The zero-order valence-corrected chi connectivity index (χ0v) is 26.8. The number of cyclic esters (lactones) is 1. The van der Waals surface area contributed by atoms with Crippen LogP contribution in [0.25, 0.3) is 0 Å². The summed E-state index contributed by atoms with van der Waals surface area (Å²) in [7, 11) is 0. The van der Waals surface area contributed by atoms with E-state index in [1.807, 2.05) is 39.2 Å². The Bertz CT molecular complexity index is 1790. The molecule has 13 nitrogen and oxygen atoms in total. The van der Waals surface area contributed by atoms with Crippen molar-refractivity contribution in [1.29, 1.82) is 0 Å². The third kappa shape index (κ3) is 3.98. The lowest BCUT2D eigenvalue weighted by Crippen LogP contribution is -2.66. The zero-order valence-electron chi connectivity index (χ0n) is 26.8. The number of ether oxygens (including phenoxy) is 2. The number of nitro groups is 1. The molecular formula is C34H37N3O10. The number of hydrazone groups is 1. The molecule has 4 heterocycles. The molecule has 0 radical (unpaired) electrons. The molecule has 2 saturated heterocycles. The zero-order chi connectivity index (χ0) is 33.7. The van der Waals surface area contributed by atoms with E-state index in [-0.39, 0.29) is 58.9 Å². The van der Waals surface area contributed by atoms with Crippen LogP contribution in [0, 0.1) is 37.7 Å². The summed E-state index contributed by atoms with van der Waals surface area (Å²) in [4.78, 5) is 47.4. The molecule has 1 spiro atoms. The van der Waals surface area contributed by atoms with Gasteiger partial charge < -0.3 is 23.4 Å². The number of aliphatic hydroxyl groups is 1. The summed E-state index contributed by atoms with van der Waals surface area (Å²) in [5, 5.41) is 26.5. The molecule has 1 amide bonds. The summed E-state index contributed by atoms with van der Waals surface area (Å²) in [6.07, 6.45) is 10.4. The topological polar surface area (TPSA) is 178 Å². The molecule has 2 aromatic rings. The standard InChI is InChI=1S/C26H30O5.C8H7N3O5/c1-22(2)17(27)7-9-23(3)16-6-10-24(4)15(14-8-11-30-13-14)12-18-26(24,31-18)25(16,5)21(29)19(28)20(22)23;12-8-10(3-4-15-8)9-5-6-1-2-7(16-6)11(13)14/h7-9,11,13,15-16,18,28H,6,10,12H2,1-5H3;1-2,5H,3-4H2. The van der Waals surface area contributed by atoms with Crippen molar-refractivity contribution in [2.45, 2.75) is 71.5 Å². The van der Waals surface area contributed by atoms with Crippen molar-refractivity contribution in [2.24, 2.45) is 32.7 Å². The molecule has 2 saturated carbocycles. The second-order valence-electron chi connectivity index (χ2n) is 14.5. The molecule has 0 bridgehead atoms. The first-order valence-corrected chi connectivity index (χ1v) is 15.8. The monoisotopic (exact) mass is 647 g/mol. The lowest BCUT2D eigenvalue weighted by Gasteiger charge is -2.62. The minimum absolute atomic E-state index is 0.00527. The summed E-state index contributed by atoms with van der Waals surface area (Å²) >= 11 is 0. The van der Waals surface area contributed by atoms with Gasteiger partial charge in [-0.3, -0.25) is 19.7 Å². The summed E-state index contributed by atoms with van der Waals surface area (Å²) in [5.41, 5.74) is -1.40. The van der Waals surface area contributed by atoms with Crippen molar-refractivity contribution in [3.05, 3.63) is 75.6 Å². The van der Waals surface area contributed by atoms with Crippen LogP contribution >= 0.6 is 0 Å². The fourth-order valence-corrected chi connectivity index (χ4v) is 9.91. The van der Waals surface area contributed by atoms with Gasteiger partial charge in [0.25, 0.3) is 0 Å². The number of carbonyl (C=O) groups excluding carboxylic acids is 3. The highest BCUT2D eigenvalue weighted by Gasteiger charge is 2.87. The fourth-order valence-electron chi connectivity index (χ4n) is 9.91. The number of carbonyl (C=O) groups is 3. The minimum Gasteiger partial charge on any atom is -0.504 e. The molecule has 4 fully saturated rings. The largest absolute Gasteiger partial charge is 0.504 e. The SMILES string of the molecule is CC1(C)C(=O)C=CC2(C)C1=C(O)C(=O)C1(C)C2CCC2(C)C(c3ccoc3)CC3OC321.O=C1OCCN1N=Cc1ccc([N+](=O)[O-])o1. The van der Waals surface area contributed by atoms with Gasteiger partial charge in [0, 0.05) is 10.8 Å². The van der Waals surface area contributed by atoms with Gasteiger partial charge in [-0.05, 0) is 81.2 Å². The van der Waals surface area contributed by atoms with Gasteiger partial charge in [-0.2, -0.15) is 10.1 Å². The quantitative estimate of drug-likeness (QED) is 0.183. The summed E-state index contributed by atoms with van der Waals surface area (Å²) in [6, 6.07) is 4.63. The van der Waals surface area contributed by atoms with Crippen molar-refractivity contribution < 1.29 is 42.7 Å². The van der Waals surface area contributed by atoms with E-state index in [1.54, 1.807) is 12.3 Å². The van der Waals surface area contributed by atoms with Crippen LogP contribution in [0.1, 0.15) is 71.1 Å². The van der Waals surface area contributed by atoms with Crippen LogP contribution in [0.15, 0.2) is 68.1 Å². The molecule has 7 atom stereocenters. The molecule has 7 unspecified atom stereocenters. The number of epoxide rings is 1. The highest BCUT2D eigenvalue weighted by Crippen LogP contribution is 2.81. The van der Waals surface area contributed by atoms with Gasteiger partial charge in [-0.1, -0.05) is 19.9 Å². The van der Waals surface area contributed by atoms with E-state index in [2.05, 4.69) is 23.7 Å². The predicted octanol–water partition coefficient (Wildman–Crippen LogP) is 5.87. The van der Waals surface area contributed by atoms with Gasteiger partial charge in [0.15, 0.2) is 17.3 Å². The van der Waals surface area contributed by atoms with E-state index >= 15 is 0 Å². The number of hydrogen-bond donors (Lipinski definition) is 1. The number of furan rings is 2. The number of nitrogens with zero attached hydrogens (tertiary/aromatic N) is 3. The van der Waals surface area contributed by atoms with Gasteiger partial charge >= 0.3 is 12.0 Å². The molecule has 0 aromatic carbocycles. The molecule has 1 N–H and O–H groups in total. The molecule has 4 aliphatic carbocycles. The number of hydrogen-bond acceptors (Lipinski definition) is 11. The molecule has 2 aliphatic heterocycles. The maximum absolute atomic E-state index is 14.0. The van der Waals surface area contributed by atoms with Crippen molar-refractivity contribution in [1.82, 2.24) is 5.01 Å². The number of rotatable bonds is 4. The highest BCUT2D eigenvalue weighted by atomic mass is 16.6. The molecule has 2 aromatic heterocycles. The van der Waals surface area contributed by atoms with Crippen LogP contribution in [-0.4, -0.2) is 63.8 Å². The Morgan fingerprint density at radius 1 is 1.13 bits per heavy atom. The Hall–Kier alpha value is -4.52. The van der Waals surface area contributed by atoms with Crippen molar-refractivity contribution in [3.8, 4) is 0 Å². The summed E-state index contributed by atoms with van der Waals surface area (Å²) in [6.45, 7) is 10.7. The number of aliphatic hydroxyl groups excluding tert-OH is 1. The number of fused-ring (bicyclic) bond motifs is 3. The van der Waals surface area contributed by atoms with Crippen LogP contribution in [0.4, 0.5) is 10.7 Å². The maximum atomic E-state index is 14.0. The molecular weight excluding hydrogens is 610 g/mol. The Kier molecular flexibility index (Phi) is 6.61. The van der Waals surface area contributed by atoms with Crippen molar-refractivity contribution in [2.75, 3.05) is 13.2 Å². The second-order valence-corrected chi connectivity index (χ2v) is 14.5. The van der Waals surface area contributed by atoms with E-state index in [0.717, 1.165) is 24.3 Å². The van der Waals surface area contributed by atoms with Gasteiger partial charge in [0.2, 0.25) is 5.78 Å². The van der Waals surface area contributed by atoms with Gasteiger partial charge in [-0.25, -0.2) is 4.79 Å². The lowest BCUT2D eigenvalue weighted by molar-refractivity contribution is -0.402. The molecule has 47 heavy (non-hydrogen) atoms. The van der Waals surface area contributed by atoms with E-state index in [4.69, 9.17) is 13.6 Å². The average Bonchev–Trinajstić information content (AvgIpc) is 3.52. The first kappa shape index (κ1) is 31.1. The van der Waals surface area contributed by atoms with Gasteiger partial charge in [0.05, 0.1) is 48.3 Å². The van der Waals surface area contributed by atoms with E-state index in [1.165, 1.54) is 23.9 Å². The van der Waals surface area contributed by atoms with Crippen molar-refractivity contribution >= 4 is 29.8 Å². The minimum atomic E-state index is -0.901. The second kappa shape index (κ2) is 9.99. The Morgan fingerprint density at radius 3 is 2.53 bits per heavy atom. The number of allylic oxidation sites excluding steroid dienone is 4. The first-order valence-electron chi connectivity index (χ1n) is 15.8. The molecule has 248 valence electrons. The number of Topliss-reactive ketones (excluding diaryl/α,β-unsaturated/α-hetero) is 1. The molecule has 6 aliphatic rings. The summed E-state index contributed by atoms with van der Waals surface area (Å²) in [5.74, 6) is -0.481. The average molecular weight is 648 g/mol. The first-order chi connectivity index (χ1) is 22.1. The molecule has 8 rings (SSSR count). The molecule has 13 heteroatoms. The lowest BCUT2D eigenvalue weighted by atomic mass is 9.39. The van der Waals surface area contributed by atoms with Crippen LogP contribution < -0.4 is 0 Å². The maximum Gasteiger partial charge on any atom is 0.433 e. The van der Waals surface area contributed by atoms with Gasteiger partial charge in [0.1, 0.15) is 17.1 Å². The third-order valence-electron chi connectivity index (χ3n) is 12.0. The van der Waals surface area contributed by atoms with Crippen LogP contribution in [0.3, 0.4) is 0 Å². The van der Waals surface area contributed by atoms with E-state index in [0.29, 0.717) is 12.1 Å². The normalized spacial score (nSPS) is 37.9. The fraction of sp³-hybridized carbons (Fsp3) is 0.529. The third-order valence-corrected chi connectivity index (χ3v) is 12.0. The van der Waals surface area contributed by atoms with Crippen molar-refractivity contribution in [3.63, 3.8) is 0 Å². The van der Waals surface area contributed by atoms with Gasteiger partial charge in [-0.15, -0.1) is 0 Å². The Balaban J connectivity index is 0.000000185. The predicted molar refractivity (Wildman–Crippen MR) is 164 cm³/mol. The summed E-state index contributed by atoms with van der Waals surface area (Å²) < 4.78 is 21.3.